The molecule has 5 heteroatoms. The Labute approximate surface area is 106 Å². The highest BCUT2D eigenvalue weighted by molar-refractivity contribution is 5.97. The molecule has 0 aliphatic heterocycles. The predicted octanol–water partition coefficient (Wildman–Crippen LogP) is 1.53. The Morgan fingerprint density at radius 2 is 2.28 bits per heavy atom. The number of benzene rings is 1. The van der Waals surface area contributed by atoms with Crippen LogP contribution in [0.3, 0.4) is 0 Å². The number of hydrogen-bond donors (Lipinski definition) is 2. The Bertz CT molecular complexity index is 574. The molecule has 0 saturated carbocycles. The highest BCUT2D eigenvalue weighted by atomic mass is 16.5. The van der Waals surface area contributed by atoms with E-state index in [1.165, 1.54) is 0 Å². The summed E-state index contributed by atoms with van der Waals surface area (Å²) in [5.74, 6) is 0.622. The zero-order valence-corrected chi connectivity index (χ0v) is 10.5. The molecule has 0 saturated heterocycles. The van der Waals surface area contributed by atoms with Crippen molar-refractivity contribution < 1.29 is 4.74 Å². The number of nitrogen functional groups attached to an aromatic ring is 1. The Morgan fingerprint density at radius 3 is 2.83 bits per heavy atom. The molecule has 0 aliphatic carbocycles. The first-order valence-corrected chi connectivity index (χ1v) is 5.60. The van der Waals surface area contributed by atoms with E-state index in [-0.39, 0.29) is 5.84 Å². The van der Waals surface area contributed by atoms with Gasteiger partial charge in [0.2, 0.25) is 0 Å². The van der Waals surface area contributed by atoms with Gasteiger partial charge < -0.3 is 10.5 Å². The minimum atomic E-state index is 0.00772. The Morgan fingerprint density at radius 1 is 1.50 bits per heavy atom. The SMILES string of the molecule is COc1cc(Cn2cc(C)cn2)ccc1C(=N)N. The molecule has 2 rings (SSSR count). The lowest BCUT2D eigenvalue weighted by molar-refractivity contribution is 0.413. The van der Waals surface area contributed by atoms with Gasteiger partial charge in [0.25, 0.3) is 0 Å². The number of amidine groups is 1. The maximum atomic E-state index is 7.45. The largest absolute Gasteiger partial charge is 0.496 e. The third kappa shape index (κ3) is 2.51. The van der Waals surface area contributed by atoms with E-state index in [0.717, 1.165) is 11.1 Å². The molecule has 0 amide bonds. The number of nitrogens with zero attached hydrogens (tertiary/aromatic N) is 2. The zero-order valence-electron chi connectivity index (χ0n) is 10.5. The van der Waals surface area contributed by atoms with E-state index in [2.05, 4.69) is 5.10 Å². The molecule has 1 heterocycles. The van der Waals surface area contributed by atoms with Crippen LogP contribution in [0.2, 0.25) is 0 Å². The number of nitrogens with one attached hydrogen (secondary N) is 1. The minimum Gasteiger partial charge on any atom is -0.496 e. The van der Waals surface area contributed by atoms with Crippen LogP contribution in [-0.2, 0) is 6.54 Å². The number of aromatic nitrogens is 2. The van der Waals surface area contributed by atoms with Crippen LogP contribution < -0.4 is 10.5 Å². The molecule has 0 fully saturated rings. The molecule has 2 aromatic rings. The fourth-order valence-electron chi connectivity index (χ4n) is 1.80. The van der Waals surface area contributed by atoms with Crippen LogP contribution in [0.15, 0.2) is 30.6 Å². The van der Waals surface area contributed by atoms with Crippen LogP contribution in [0.4, 0.5) is 0 Å². The summed E-state index contributed by atoms with van der Waals surface area (Å²) in [6.07, 6.45) is 3.80. The van der Waals surface area contributed by atoms with E-state index >= 15 is 0 Å². The first-order valence-electron chi connectivity index (χ1n) is 5.60. The Hall–Kier alpha value is -2.30. The lowest BCUT2D eigenvalue weighted by Crippen LogP contribution is -2.13. The molecule has 0 unspecified atom stereocenters. The molecule has 0 radical (unpaired) electrons. The lowest BCUT2D eigenvalue weighted by atomic mass is 10.1. The molecular weight excluding hydrogens is 228 g/mol. The van der Waals surface area contributed by atoms with E-state index < -0.39 is 0 Å². The van der Waals surface area contributed by atoms with E-state index in [9.17, 15) is 0 Å². The maximum absolute atomic E-state index is 7.45. The monoisotopic (exact) mass is 244 g/mol. The van der Waals surface area contributed by atoms with Gasteiger partial charge in [-0.15, -0.1) is 0 Å². The van der Waals surface area contributed by atoms with Crippen LogP contribution in [0.5, 0.6) is 5.75 Å². The van der Waals surface area contributed by atoms with Crippen molar-refractivity contribution in [2.45, 2.75) is 13.5 Å². The van der Waals surface area contributed by atoms with E-state index in [1.807, 2.05) is 36.1 Å². The molecule has 0 aliphatic rings. The van der Waals surface area contributed by atoms with Crippen molar-refractivity contribution in [3.8, 4) is 5.75 Å². The average Bonchev–Trinajstić information content (AvgIpc) is 2.74. The van der Waals surface area contributed by atoms with E-state index in [4.69, 9.17) is 15.9 Å². The van der Waals surface area contributed by atoms with Crippen LogP contribution >= 0.6 is 0 Å². The first-order chi connectivity index (χ1) is 8.60. The topological polar surface area (TPSA) is 76.9 Å². The fraction of sp³-hybridized carbons (Fsp3) is 0.231. The smallest absolute Gasteiger partial charge is 0.130 e. The summed E-state index contributed by atoms with van der Waals surface area (Å²) in [5, 5.41) is 11.7. The summed E-state index contributed by atoms with van der Waals surface area (Å²) in [7, 11) is 1.57. The Kier molecular flexibility index (Phi) is 3.32. The van der Waals surface area contributed by atoms with Crippen LogP contribution in [0.25, 0.3) is 0 Å². The number of methoxy groups -OCH3 is 1. The third-order valence-corrected chi connectivity index (χ3v) is 2.66. The highest BCUT2D eigenvalue weighted by Crippen LogP contribution is 2.20. The second-order valence-corrected chi connectivity index (χ2v) is 4.16. The summed E-state index contributed by atoms with van der Waals surface area (Å²) < 4.78 is 7.10. The van der Waals surface area contributed by atoms with Gasteiger partial charge in [-0.2, -0.15) is 5.10 Å². The molecule has 0 atom stereocenters. The predicted molar refractivity (Wildman–Crippen MR) is 70.1 cm³/mol. The molecule has 18 heavy (non-hydrogen) atoms. The van der Waals surface area contributed by atoms with Gasteiger partial charge in [0.1, 0.15) is 11.6 Å². The summed E-state index contributed by atoms with van der Waals surface area (Å²) in [5.41, 5.74) is 8.27. The van der Waals surface area contributed by atoms with Crippen molar-refractivity contribution in [3.05, 3.63) is 47.3 Å². The van der Waals surface area contributed by atoms with Gasteiger partial charge in [0.15, 0.2) is 0 Å². The number of hydrogen-bond acceptors (Lipinski definition) is 3. The number of rotatable bonds is 4. The van der Waals surface area contributed by atoms with Gasteiger partial charge in [-0.3, -0.25) is 10.1 Å². The minimum absolute atomic E-state index is 0.00772. The number of aryl methyl sites for hydroxylation is 1. The Balaban J connectivity index is 2.27. The van der Waals surface area contributed by atoms with E-state index in [0.29, 0.717) is 17.9 Å². The molecule has 5 nitrogen and oxygen atoms in total. The second kappa shape index (κ2) is 4.91. The van der Waals surface area contributed by atoms with Gasteiger partial charge in [-0.25, -0.2) is 0 Å². The molecule has 1 aromatic heterocycles. The van der Waals surface area contributed by atoms with Gasteiger partial charge in [0.05, 0.1) is 25.4 Å². The summed E-state index contributed by atoms with van der Waals surface area (Å²) in [4.78, 5) is 0. The number of ether oxygens (including phenoxy) is 1. The molecule has 94 valence electrons. The lowest BCUT2D eigenvalue weighted by Gasteiger charge is -2.09. The van der Waals surface area contributed by atoms with Gasteiger partial charge in [0, 0.05) is 6.20 Å². The molecular formula is C13H16N4O. The summed E-state index contributed by atoms with van der Waals surface area (Å²) in [6, 6.07) is 5.61. The van der Waals surface area contributed by atoms with Gasteiger partial charge in [-0.1, -0.05) is 6.07 Å². The van der Waals surface area contributed by atoms with Crippen molar-refractivity contribution in [2.75, 3.05) is 7.11 Å². The van der Waals surface area contributed by atoms with Crippen molar-refractivity contribution in [3.63, 3.8) is 0 Å². The van der Waals surface area contributed by atoms with E-state index in [1.54, 1.807) is 13.2 Å². The van der Waals surface area contributed by atoms with Gasteiger partial charge >= 0.3 is 0 Å². The second-order valence-electron chi connectivity index (χ2n) is 4.16. The normalized spacial score (nSPS) is 10.3. The van der Waals surface area contributed by atoms with Crippen LogP contribution in [0, 0.1) is 12.3 Å². The van der Waals surface area contributed by atoms with Crippen LogP contribution in [0.1, 0.15) is 16.7 Å². The molecule has 3 N–H and O–H groups in total. The third-order valence-electron chi connectivity index (χ3n) is 2.66. The number of nitrogens with two attached hydrogens (primary N) is 1. The highest BCUT2D eigenvalue weighted by Gasteiger charge is 2.07. The quantitative estimate of drug-likeness (QED) is 0.632. The van der Waals surface area contributed by atoms with Crippen LogP contribution in [-0.4, -0.2) is 22.7 Å². The molecule has 0 bridgehead atoms. The standard InChI is InChI=1S/C13H16N4O/c1-9-6-16-17(7-9)8-10-3-4-11(13(14)15)12(5-10)18-2/h3-7H,8H2,1-2H3,(H3,14,15). The summed E-state index contributed by atoms with van der Waals surface area (Å²) in [6.45, 7) is 2.67. The fourth-order valence-corrected chi connectivity index (χ4v) is 1.80. The average molecular weight is 244 g/mol. The van der Waals surface area contributed by atoms with Gasteiger partial charge in [-0.05, 0) is 30.2 Å². The first kappa shape index (κ1) is 12.2. The van der Waals surface area contributed by atoms with Crippen molar-refractivity contribution in [1.29, 1.82) is 5.41 Å². The zero-order chi connectivity index (χ0) is 13.1. The van der Waals surface area contributed by atoms with Crippen molar-refractivity contribution >= 4 is 5.84 Å². The molecule has 0 spiro atoms. The van der Waals surface area contributed by atoms with Crippen molar-refractivity contribution in [1.82, 2.24) is 9.78 Å². The maximum Gasteiger partial charge on any atom is 0.130 e. The van der Waals surface area contributed by atoms with Crippen molar-refractivity contribution in [2.24, 2.45) is 5.73 Å². The molecule has 1 aromatic carbocycles. The summed E-state index contributed by atoms with van der Waals surface area (Å²) >= 11 is 0.